The van der Waals surface area contributed by atoms with Crippen molar-refractivity contribution in [1.29, 1.82) is 0 Å². The van der Waals surface area contributed by atoms with Gasteiger partial charge in [0.25, 0.3) is 5.91 Å². The molecule has 0 heterocycles. The zero-order valence-electron chi connectivity index (χ0n) is 11.2. The lowest BCUT2D eigenvalue weighted by atomic mass is 10.1. The van der Waals surface area contributed by atoms with Crippen molar-refractivity contribution in [2.45, 2.75) is 13.0 Å². The van der Waals surface area contributed by atoms with Gasteiger partial charge in [-0.3, -0.25) is 4.79 Å². The Hall–Kier alpha value is -2.33. The Morgan fingerprint density at radius 3 is 2.20 bits per heavy atom. The van der Waals surface area contributed by atoms with E-state index in [0.717, 1.165) is 17.5 Å². The fraction of sp³-hybridized carbons (Fsp3) is 0.188. The highest BCUT2D eigenvalue weighted by Gasteiger charge is 2.05. The Labute approximate surface area is 118 Å². The number of aromatic hydroxyl groups is 1. The quantitative estimate of drug-likeness (QED) is 0.775. The molecule has 20 heavy (non-hydrogen) atoms. The SMILES string of the molecule is NCCc1ccc(C(=O)NCc2ccc(O)cc2)cc1. The van der Waals surface area contributed by atoms with E-state index in [4.69, 9.17) is 5.73 Å². The van der Waals surface area contributed by atoms with Gasteiger partial charge in [-0.25, -0.2) is 0 Å². The highest BCUT2D eigenvalue weighted by Crippen LogP contribution is 2.10. The average Bonchev–Trinajstić information content (AvgIpc) is 2.47. The van der Waals surface area contributed by atoms with Gasteiger partial charge in [0, 0.05) is 12.1 Å². The van der Waals surface area contributed by atoms with Gasteiger partial charge >= 0.3 is 0 Å². The number of hydrogen-bond donors (Lipinski definition) is 3. The molecule has 0 fully saturated rings. The maximum atomic E-state index is 12.0. The van der Waals surface area contributed by atoms with E-state index in [1.54, 1.807) is 36.4 Å². The Bertz CT molecular complexity index is 562. The van der Waals surface area contributed by atoms with Gasteiger partial charge in [0.1, 0.15) is 5.75 Å². The van der Waals surface area contributed by atoms with Crippen LogP contribution in [-0.4, -0.2) is 17.6 Å². The fourth-order valence-corrected chi connectivity index (χ4v) is 1.89. The van der Waals surface area contributed by atoms with Crippen LogP contribution in [0.25, 0.3) is 0 Å². The summed E-state index contributed by atoms with van der Waals surface area (Å²) in [6.45, 7) is 1.04. The molecule has 1 amide bonds. The molecule has 104 valence electrons. The van der Waals surface area contributed by atoms with Gasteiger partial charge in [-0.2, -0.15) is 0 Å². The number of benzene rings is 2. The van der Waals surface area contributed by atoms with Crippen molar-refractivity contribution >= 4 is 5.91 Å². The van der Waals surface area contributed by atoms with Crippen molar-refractivity contribution < 1.29 is 9.90 Å². The maximum Gasteiger partial charge on any atom is 0.251 e. The van der Waals surface area contributed by atoms with Crippen molar-refractivity contribution in [3.05, 3.63) is 65.2 Å². The van der Waals surface area contributed by atoms with E-state index in [9.17, 15) is 9.90 Å². The normalized spacial score (nSPS) is 10.2. The van der Waals surface area contributed by atoms with E-state index < -0.39 is 0 Å². The summed E-state index contributed by atoms with van der Waals surface area (Å²) in [6, 6.07) is 14.2. The van der Waals surface area contributed by atoms with Crippen LogP contribution >= 0.6 is 0 Å². The van der Waals surface area contributed by atoms with E-state index in [1.165, 1.54) is 0 Å². The Kier molecular flexibility index (Phi) is 4.74. The summed E-state index contributed by atoms with van der Waals surface area (Å²) in [4.78, 5) is 12.0. The van der Waals surface area contributed by atoms with Crippen LogP contribution in [0.2, 0.25) is 0 Å². The van der Waals surface area contributed by atoms with Crippen LogP contribution in [0.3, 0.4) is 0 Å². The zero-order valence-corrected chi connectivity index (χ0v) is 11.2. The summed E-state index contributed by atoms with van der Waals surface area (Å²) in [5, 5.41) is 12.0. The number of phenolic OH excluding ortho intramolecular Hbond substituents is 1. The number of carbonyl (C=O) groups is 1. The summed E-state index contributed by atoms with van der Waals surface area (Å²) < 4.78 is 0. The van der Waals surface area contributed by atoms with Crippen LogP contribution < -0.4 is 11.1 Å². The Morgan fingerprint density at radius 2 is 1.60 bits per heavy atom. The Balaban J connectivity index is 1.92. The minimum absolute atomic E-state index is 0.114. The highest BCUT2D eigenvalue weighted by molar-refractivity contribution is 5.94. The number of carbonyl (C=O) groups excluding carboxylic acids is 1. The lowest BCUT2D eigenvalue weighted by Crippen LogP contribution is -2.22. The summed E-state index contributed by atoms with van der Waals surface area (Å²) in [7, 11) is 0. The van der Waals surface area contributed by atoms with Crippen LogP contribution in [0.15, 0.2) is 48.5 Å². The van der Waals surface area contributed by atoms with Crippen LogP contribution in [0.4, 0.5) is 0 Å². The molecule has 4 N–H and O–H groups in total. The predicted octanol–water partition coefficient (Wildman–Crippen LogP) is 1.82. The number of nitrogens with two attached hydrogens (primary N) is 1. The third kappa shape index (κ3) is 3.83. The second-order valence-corrected chi connectivity index (χ2v) is 4.58. The van der Waals surface area contributed by atoms with Crippen molar-refractivity contribution in [3.8, 4) is 5.75 Å². The highest BCUT2D eigenvalue weighted by atomic mass is 16.3. The molecule has 0 aliphatic rings. The second-order valence-electron chi connectivity index (χ2n) is 4.58. The minimum Gasteiger partial charge on any atom is -0.508 e. The summed E-state index contributed by atoms with van der Waals surface area (Å²) in [5.74, 6) is 0.105. The zero-order chi connectivity index (χ0) is 14.4. The lowest BCUT2D eigenvalue weighted by Gasteiger charge is -2.06. The molecule has 4 nitrogen and oxygen atoms in total. The summed E-state index contributed by atoms with van der Waals surface area (Å²) >= 11 is 0. The van der Waals surface area contributed by atoms with Gasteiger partial charge in [-0.1, -0.05) is 24.3 Å². The van der Waals surface area contributed by atoms with Gasteiger partial charge in [-0.05, 0) is 48.4 Å². The minimum atomic E-state index is -0.114. The van der Waals surface area contributed by atoms with E-state index >= 15 is 0 Å². The topological polar surface area (TPSA) is 75.4 Å². The standard InChI is InChI=1S/C16H18N2O2/c17-10-9-12-1-5-14(6-2-12)16(20)18-11-13-3-7-15(19)8-4-13/h1-8,19H,9-11,17H2,(H,18,20). The molecule has 0 spiro atoms. The van der Waals surface area contributed by atoms with Gasteiger partial charge in [0.05, 0.1) is 0 Å². The number of nitrogens with one attached hydrogen (secondary N) is 1. The molecular weight excluding hydrogens is 252 g/mol. The molecule has 0 unspecified atom stereocenters. The monoisotopic (exact) mass is 270 g/mol. The first-order valence-electron chi connectivity index (χ1n) is 6.54. The molecular formula is C16H18N2O2. The van der Waals surface area contributed by atoms with Gasteiger partial charge < -0.3 is 16.2 Å². The number of phenols is 1. The van der Waals surface area contributed by atoms with E-state index in [0.29, 0.717) is 18.7 Å². The predicted molar refractivity (Wildman–Crippen MR) is 78.5 cm³/mol. The number of rotatable bonds is 5. The molecule has 4 heteroatoms. The first kappa shape index (κ1) is 14.1. The van der Waals surface area contributed by atoms with Gasteiger partial charge in [0.2, 0.25) is 0 Å². The molecule has 0 radical (unpaired) electrons. The molecule has 0 saturated heterocycles. The third-order valence-corrected chi connectivity index (χ3v) is 3.04. The first-order valence-corrected chi connectivity index (χ1v) is 6.54. The summed E-state index contributed by atoms with van der Waals surface area (Å²) in [5.41, 5.74) is 8.18. The molecule has 0 aliphatic carbocycles. The molecule has 0 aromatic heterocycles. The Morgan fingerprint density at radius 1 is 1.00 bits per heavy atom. The van der Waals surface area contributed by atoms with Crippen LogP contribution in [0.5, 0.6) is 5.75 Å². The van der Waals surface area contributed by atoms with E-state index in [-0.39, 0.29) is 11.7 Å². The largest absolute Gasteiger partial charge is 0.508 e. The van der Waals surface area contributed by atoms with Crippen LogP contribution in [0.1, 0.15) is 21.5 Å². The smallest absolute Gasteiger partial charge is 0.251 e. The summed E-state index contributed by atoms with van der Waals surface area (Å²) in [6.07, 6.45) is 0.815. The number of hydrogen-bond acceptors (Lipinski definition) is 3. The molecule has 2 aromatic carbocycles. The molecule has 0 bridgehead atoms. The first-order chi connectivity index (χ1) is 9.69. The van der Waals surface area contributed by atoms with Crippen molar-refractivity contribution in [2.24, 2.45) is 5.73 Å². The molecule has 0 saturated carbocycles. The van der Waals surface area contributed by atoms with Crippen molar-refractivity contribution in [3.63, 3.8) is 0 Å². The van der Waals surface area contributed by atoms with Crippen molar-refractivity contribution in [2.75, 3.05) is 6.54 Å². The van der Waals surface area contributed by atoms with E-state index in [1.807, 2.05) is 12.1 Å². The average molecular weight is 270 g/mol. The van der Waals surface area contributed by atoms with Crippen LogP contribution in [0, 0.1) is 0 Å². The number of amides is 1. The lowest BCUT2D eigenvalue weighted by molar-refractivity contribution is 0.0951. The van der Waals surface area contributed by atoms with E-state index in [2.05, 4.69) is 5.32 Å². The van der Waals surface area contributed by atoms with Crippen LogP contribution in [-0.2, 0) is 13.0 Å². The third-order valence-electron chi connectivity index (χ3n) is 3.04. The van der Waals surface area contributed by atoms with Crippen molar-refractivity contribution in [1.82, 2.24) is 5.32 Å². The maximum absolute atomic E-state index is 12.0. The molecule has 2 rings (SSSR count). The van der Waals surface area contributed by atoms with Gasteiger partial charge in [0.15, 0.2) is 0 Å². The molecule has 0 aliphatic heterocycles. The fourth-order valence-electron chi connectivity index (χ4n) is 1.89. The molecule has 2 aromatic rings. The second kappa shape index (κ2) is 6.73. The van der Waals surface area contributed by atoms with Gasteiger partial charge in [-0.15, -0.1) is 0 Å². The molecule has 0 atom stereocenters.